The zero-order valence-electron chi connectivity index (χ0n) is 12.3. The van der Waals surface area contributed by atoms with Crippen LogP contribution in [0.1, 0.15) is 33.5 Å². The predicted molar refractivity (Wildman–Crippen MR) is 74.7 cm³/mol. The molecule has 0 saturated heterocycles. The first kappa shape index (κ1) is 15.9. The third-order valence-corrected chi connectivity index (χ3v) is 3.27. The minimum absolute atomic E-state index is 0.220. The molecule has 0 radical (unpaired) electrons. The van der Waals surface area contributed by atoms with Crippen LogP contribution in [0.25, 0.3) is 0 Å². The number of carbonyl (C=O) groups is 1. The molecule has 0 spiro atoms. The quantitative estimate of drug-likeness (QED) is 0.883. The van der Waals surface area contributed by atoms with E-state index in [-0.39, 0.29) is 11.3 Å². The average molecular weight is 303 g/mol. The molecule has 3 rings (SSSR count). The SMILES string of the molecule is COC1OCc2c[nH+]c(C)c(O)c21.O=C([O-])c1ccccc1. The van der Waals surface area contributed by atoms with Crippen molar-refractivity contribution >= 4 is 5.97 Å². The van der Waals surface area contributed by atoms with Crippen LogP contribution in [0.5, 0.6) is 5.75 Å². The Balaban J connectivity index is 0.000000172. The molecule has 1 aliphatic rings. The van der Waals surface area contributed by atoms with Gasteiger partial charge in [-0.2, -0.15) is 0 Å². The van der Waals surface area contributed by atoms with Crippen molar-refractivity contribution in [1.82, 2.24) is 0 Å². The summed E-state index contributed by atoms with van der Waals surface area (Å²) in [5.74, 6) is -0.891. The molecule has 1 atom stereocenters. The van der Waals surface area contributed by atoms with E-state index in [1.807, 2.05) is 6.20 Å². The number of aromatic amines is 1. The highest BCUT2D eigenvalue weighted by Crippen LogP contribution is 2.36. The van der Waals surface area contributed by atoms with Gasteiger partial charge in [-0.3, -0.25) is 0 Å². The van der Waals surface area contributed by atoms with Crippen molar-refractivity contribution < 1.29 is 29.5 Å². The van der Waals surface area contributed by atoms with E-state index in [9.17, 15) is 15.0 Å². The molecule has 6 nitrogen and oxygen atoms in total. The molecule has 2 aromatic rings. The number of carbonyl (C=O) groups excluding carboxylic acids is 1. The standard InChI is InChI=1S/C9H11NO3.C7H6O2/c1-5-8(11)7-6(3-10-5)4-13-9(7)12-2;8-7(9)6-4-2-1-3-5-6/h3,9,11H,4H2,1-2H3;1-5H,(H,8,9). The Morgan fingerprint density at radius 2 is 2.09 bits per heavy atom. The van der Waals surface area contributed by atoms with Crippen molar-refractivity contribution in [3.05, 3.63) is 58.9 Å². The Hall–Kier alpha value is -2.44. The number of hydrogen-bond acceptors (Lipinski definition) is 5. The first-order valence-corrected chi connectivity index (χ1v) is 6.68. The molecule has 0 amide bonds. The fraction of sp³-hybridized carbons (Fsp3) is 0.250. The number of aromatic carboxylic acids is 1. The third kappa shape index (κ3) is 3.41. The Kier molecular flexibility index (Phi) is 5.08. The first-order valence-electron chi connectivity index (χ1n) is 6.68. The number of nitrogens with one attached hydrogen (secondary N) is 1. The van der Waals surface area contributed by atoms with Crippen molar-refractivity contribution in [2.24, 2.45) is 0 Å². The van der Waals surface area contributed by atoms with Crippen LogP contribution in [-0.4, -0.2) is 18.2 Å². The van der Waals surface area contributed by atoms with Crippen LogP contribution in [0.2, 0.25) is 0 Å². The van der Waals surface area contributed by atoms with Crippen LogP contribution in [0, 0.1) is 6.92 Å². The minimum Gasteiger partial charge on any atom is -0.545 e. The maximum atomic E-state index is 10.1. The zero-order valence-corrected chi connectivity index (χ0v) is 12.3. The molecule has 1 aliphatic heterocycles. The number of aromatic nitrogens is 1. The molecular formula is C16H17NO5. The number of rotatable bonds is 2. The Labute approximate surface area is 128 Å². The van der Waals surface area contributed by atoms with Gasteiger partial charge in [0.2, 0.25) is 5.69 Å². The van der Waals surface area contributed by atoms with E-state index in [2.05, 4.69) is 4.98 Å². The Morgan fingerprint density at radius 3 is 2.64 bits per heavy atom. The van der Waals surface area contributed by atoms with Gasteiger partial charge in [0.15, 0.2) is 18.2 Å². The fourth-order valence-electron chi connectivity index (χ4n) is 2.09. The summed E-state index contributed by atoms with van der Waals surface area (Å²) in [7, 11) is 1.56. The molecule has 0 fully saturated rings. The number of ether oxygens (including phenoxy) is 2. The van der Waals surface area contributed by atoms with E-state index in [0.29, 0.717) is 6.61 Å². The van der Waals surface area contributed by atoms with Crippen LogP contribution in [0.3, 0.4) is 0 Å². The number of methoxy groups -OCH3 is 1. The van der Waals surface area contributed by atoms with Gasteiger partial charge in [-0.25, -0.2) is 4.98 Å². The Bertz CT molecular complexity index is 657. The molecule has 2 N–H and O–H groups in total. The van der Waals surface area contributed by atoms with E-state index in [1.54, 1.807) is 32.2 Å². The lowest BCUT2D eigenvalue weighted by molar-refractivity contribution is -0.389. The second-order valence-electron chi connectivity index (χ2n) is 4.73. The number of aryl methyl sites for hydroxylation is 1. The van der Waals surface area contributed by atoms with Gasteiger partial charge in [0.05, 0.1) is 23.7 Å². The molecule has 0 bridgehead atoms. The maximum absolute atomic E-state index is 10.1. The number of aromatic hydroxyl groups is 1. The summed E-state index contributed by atoms with van der Waals surface area (Å²) < 4.78 is 10.4. The lowest BCUT2D eigenvalue weighted by atomic mass is 10.1. The van der Waals surface area contributed by atoms with Gasteiger partial charge in [0.1, 0.15) is 0 Å². The molecule has 0 aliphatic carbocycles. The summed E-state index contributed by atoms with van der Waals surface area (Å²) in [4.78, 5) is 13.0. The predicted octanol–water partition coefficient (Wildman–Crippen LogP) is 0.740. The van der Waals surface area contributed by atoms with Crippen LogP contribution < -0.4 is 10.1 Å². The van der Waals surface area contributed by atoms with Gasteiger partial charge < -0.3 is 24.5 Å². The number of fused-ring (bicyclic) bond motifs is 1. The number of hydrogen-bond donors (Lipinski definition) is 1. The van der Waals surface area contributed by atoms with Gasteiger partial charge in [0, 0.05) is 14.0 Å². The molecule has 1 aromatic heterocycles. The monoisotopic (exact) mass is 303 g/mol. The average Bonchev–Trinajstić information content (AvgIpc) is 2.96. The molecule has 6 heteroatoms. The number of carboxylic acids is 1. The van der Waals surface area contributed by atoms with Crippen LogP contribution in [-0.2, 0) is 16.1 Å². The largest absolute Gasteiger partial charge is 0.545 e. The topological polar surface area (TPSA) is 93.0 Å². The van der Waals surface area contributed by atoms with Gasteiger partial charge in [-0.1, -0.05) is 30.3 Å². The summed E-state index contributed by atoms with van der Waals surface area (Å²) in [6, 6.07) is 8.06. The lowest BCUT2D eigenvalue weighted by Crippen LogP contribution is -2.21. The van der Waals surface area contributed by atoms with E-state index in [4.69, 9.17) is 9.47 Å². The highest BCUT2D eigenvalue weighted by atomic mass is 16.7. The molecular weight excluding hydrogens is 286 g/mol. The molecule has 1 unspecified atom stereocenters. The van der Waals surface area contributed by atoms with Crippen LogP contribution in [0.15, 0.2) is 36.5 Å². The van der Waals surface area contributed by atoms with E-state index >= 15 is 0 Å². The van der Waals surface area contributed by atoms with Crippen molar-refractivity contribution in [2.45, 2.75) is 19.8 Å². The molecule has 116 valence electrons. The highest BCUT2D eigenvalue weighted by Gasteiger charge is 2.30. The molecule has 2 heterocycles. The summed E-state index contributed by atoms with van der Waals surface area (Å²) >= 11 is 0. The smallest absolute Gasteiger partial charge is 0.219 e. The van der Waals surface area contributed by atoms with Gasteiger partial charge >= 0.3 is 0 Å². The second-order valence-corrected chi connectivity index (χ2v) is 4.73. The van der Waals surface area contributed by atoms with E-state index in [0.717, 1.165) is 16.8 Å². The summed E-state index contributed by atoms with van der Waals surface area (Å²) in [5, 5.41) is 19.8. The molecule has 22 heavy (non-hydrogen) atoms. The fourth-order valence-corrected chi connectivity index (χ4v) is 2.09. The van der Waals surface area contributed by atoms with E-state index in [1.165, 1.54) is 12.1 Å². The van der Waals surface area contributed by atoms with Crippen molar-refractivity contribution in [2.75, 3.05) is 7.11 Å². The number of carboxylic acid groups (broad SMARTS) is 1. The number of pyridine rings is 1. The first-order chi connectivity index (χ1) is 10.5. The van der Waals surface area contributed by atoms with E-state index < -0.39 is 12.3 Å². The Morgan fingerprint density at radius 1 is 1.41 bits per heavy atom. The third-order valence-electron chi connectivity index (χ3n) is 3.27. The minimum atomic E-state index is -1.13. The second kappa shape index (κ2) is 7.02. The van der Waals surface area contributed by atoms with Crippen molar-refractivity contribution in [3.8, 4) is 5.75 Å². The number of H-pyrrole nitrogens is 1. The summed E-state index contributed by atoms with van der Waals surface area (Å²) in [6.45, 7) is 2.29. The normalized spacial score (nSPS) is 15.6. The van der Waals surface area contributed by atoms with Gasteiger partial charge in [-0.05, 0) is 5.56 Å². The van der Waals surface area contributed by atoms with Crippen molar-refractivity contribution in [3.63, 3.8) is 0 Å². The summed E-state index contributed by atoms with van der Waals surface area (Å²) in [6.07, 6.45) is 1.41. The van der Waals surface area contributed by atoms with Gasteiger partial charge in [-0.15, -0.1) is 0 Å². The number of benzene rings is 1. The summed E-state index contributed by atoms with van der Waals surface area (Å²) in [5.41, 5.74) is 2.65. The molecule has 0 saturated carbocycles. The van der Waals surface area contributed by atoms with Gasteiger partial charge in [0.25, 0.3) is 0 Å². The zero-order chi connectivity index (χ0) is 16.1. The van der Waals surface area contributed by atoms with Crippen LogP contribution in [0.4, 0.5) is 0 Å². The highest BCUT2D eigenvalue weighted by molar-refractivity contribution is 5.85. The lowest BCUT2D eigenvalue weighted by Gasteiger charge is -2.08. The van der Waals surface area contributed by atoms with Crippen LogP contribution >= 0.6 is 0 Å². The maximum Gasteiger partial charge on any atom is 0.219 e. The molecule has 1 aromatic carbocycles. The van der Waals surface area contributed by atoms with Crippen molar-refractivity contribution in [1.29, 1.82) is 0 Å².